The molecule has 8 nitrogen and oxygen atoms in total. The number of benzene rings is 1. The second-order valence-electron chi connectivity index (χ2n) is 5.72. The molecule has 0 bridgehead atoms. The van der Waals surface area contributed by atoms with Crippen molar-refractivity contribution in [2.24, 2.45) is 5.73 Å². The number of piperazine rings is 1. The molecule has 1 saturated heterocycles. The van der Waals surface area contributed by atoms with Gasteiger partial charge in [0, 0.05) is 48.4 Å². The van der Waals surface area contributed by atoms with Crippen LogP contribution >= 0.6 is 22.9 Å². The number of nitrogens with two attached hydrogens (primary N) is 1. The highest BCUT2D eigenvalue weighted by Gasteiger charge is 2.27. The summed E-state index contributed by atoms with van der Waals surface area (Å²) in [5.74, 6) is -0.596. The van der Waals surface area contributed by atoms with Crippen molar-refractivity contribution in [2.75, 3.05) is 32.7 Å². The summed E-state index contributed by atoms with van der Waals surface area (Å²) in [5.41, 5.74) is 5.14. The standard InChI is InChI=1S/C15H15ClN4O4S/c16-13-10-2-1-9(20(23)24)7-11(10)25-14(13)15(22)19-5-3-18(4-6-19)8-12(17)21/h1-2,7H,3-6,8H2,(H2,17,21). The molecule has 0 unspecified atom stereocenters. The minimum absolute atomic E-state index is 0.0375. The highest BCUT2D eigenvalue weighted by atomic mass is 35.5. The quantitative estimate of drug-likeness (QED) is 0.639. The first-order chi connectivity index (χ1) is 11.9. The maximum Gasteiger partial charge on any atom is 0.270 e. The molecule has 132 valence electrons. The maximum absolute atomic E-state index is 12.7. The molecular formula is C15H15ClN4O4S. The molecule has 2 N–H and O–H groups in total. The number of nitro groups is 1. The van der Waals surface area contributed by atoms with Gasteiger partial charge in [-0.2, -0.15) is 0 Å². The fourth-order valence-electron chi connectivity index (χ4n) is 2.78. The third-order valence-electron chi connectivity index (χ3n) is 4.06. The maximum atomic E-state index is 12.7. The third-order valence-corrected chi connectivity index (χ3v) is 5.70. The number of halogens is 1. The van der Waals surface area contributed by atoms with Crippen molar-refractivity contribution >= 4 is 50.5 Å². The minimum atomic E-state index is -0.480. The number of hydrogen-bond acceptors (Lipinski definition) is 6. The second-order valence-corrected chi connectivity index (χ2v) is 7.15. The van der Waals surface area contributed by atoms with Crippen molar-refractivity contribution in [3.8, 4) is 0 Å². The van der Waals surface area contributed by atoms with Crippen molar-refractivity contribution in [2.45, 2.75) is 0 Å². The van der Waals surface area contributed by atoms with Crippen molar-refractivity contribution in [1.82, 2.24) is 9.80 Å². The summed E-state index contributed by atoms with van der Waals surface area (Å²) in [6.07, 6.45) is 0. The van der Waals surface area contributed by atoms with E-state index in [9.17, 15) is 19.7 Å². The van der Waals surface area contributed by atoms with Crippen LogP contribution in [0.2, 0.25) is 5.02 Å². The Balaban J connectivity index is 1.80. The van der Waals surface area contributed by atoms with E-state index in [4.69, 9.17) is 17.3 Å². The van der Waals surface area contributed by atoms with Crippen molar-refractivity contribution in [3.05, 3.63) is 38.2 Å². The van der Waals surface area contributed by atoms with Crippen molar-refractivity contribution in [3.63, 3.8) is 0 Å². The Bertz CT molecular complexity index is 861. The number of primary amides is 1. The zero-order chi connectivity index (χ0) is 18.1. The summed E-state index contributed by atoms with van der Waals surface area (Å²) in [5, 5.41) is 11.8. The lowest BCUT2D eigenvalue weighted by molar-refractivity contribution is -0.384. The molecule has 0 saturated carbocycles. The van der Waals surface area contributed by atoms with Crippen LogP contribution in [0.1, 0.15) is 9.67 Å². The lowest BCUT2D eigenvalue weighted by Crippen LogP contribution is -2.50. The molecule has 2 heterocycles. The zero-order valence-electron chi connectivity index (χ0n) is 13.1. The molecular weight excluding hydrogens is 368 g/mol. The van der Waals surface area contributed by atoms with Crippen molar-refractivity contribution in [1.29, 1.82) is 0 Å². The van der Waals surface area contributed by atoms with E-state index in [2.05, 4.69) is 0 Å². The van der Waals surface area contributed by atoms with E-state index in [1.807, 2.05) is 4.90 Å². The molecule has 0 atom stereocenters. The van der Waals surface area contributed by atoms with Gasteiger partial charge in [0.25, 0.3) is 11.6 Å². The molecule has 1 aromatic heterocycles. The largest absolute Gasteiger partial charge is 0.369 e. The predicted molar refractivity (Wildman–Crippen MR) is 95.0 cm³/mol. The van der Waals surface area contributed by atoms with Gasteiger partial charge in [0.05, 0.1) is 16.5 Å². The third kappa shape index (κ3) is 3.58. The number of hydrogen-bond donors (Lipinski definition) is 1. The second kappa shape index (κ2) is 6.95. The Hall–Kier alpha value is -2.23. The number of fused-ring (bicyclic) bond motifs is 1. The predicted octanol–water partition coefficient (Wildman–Crippen LogP) is 1.71. The first kappa shape index (κ1) is 17.6. The molecule has 1 fully saturated rings. The smallest absolute Gasteiger partial charge is 0.270 e. The van der Waals surface area contributed by atoms with Gasteiger partial charge >= 0.3 is 0 Å². The van der Waals surface area contributed by atoms with Crippen LogP contribution in [0, 0.1) is 10.1 Å². The molecule has 1 aromatic carbocycles. The molecule has 0 radical (unpaired) electrons. The van der Waals surface area contributed by atoms with E-state index in [0.29, 0.717) is 46.2 Å². The van der Waals surface area contributed by atoms with Crippen LogP contribution in [0.5, 0.6) is 0 Å². The lowest BCUT2D eigenvalue weighted by atomic mass is 10.2. The van der Waals surface area contributed by atoms with Crippen LogP contribution in [-0.4, -0.2) is 59.3 Å². The number of carbonyl (C=O) groups is 2. The van der Waals surface area contributed by atoms with Crippen LogP contribution in [0.25, 0.3) is 10.1 Å². The normalized spacial score (nSPS) is 15.5. The fraction of sp³-hybridized carbons (Fsp3) is 0.333. The summed E-state index contributed by atoms with van der Waals surface area (Å²) in [6.45, 7) is 2.23. The number of nitro benzene ring substituents is 1. The SMILES string of the molecule is NC(=O)CN1CCN(C(=O)c2sc3cc([N+](=O)[O-])ccc3c2Cl)CC1. The monoisotopic (exact) mass is 382 g/mol. The molecule has 0 spiro atoms. The van der Waals surface area contributed by atoms with E-state index in [1.54, 1.807) is 11.0 Å². The molecule has 3 rings (SSSR count). The Labute approximate surface area is 151 Å². The van der Waals surface area contributed by atoms with Gasteiger partial charge in [0.2, 0.25) is 5.91 Å². The van der Waals surface area contributed by atoms with Gasteiger partial charge in [-0.25, -0.2) is 0 Å². The van der Waals surface area contributed by atoms with E-state index in [-0.39, 0.29) is 18.1 Å². The van der Waals surface area contributed by atoms with Crippen LogP contribution in [0.15, 0.2) is 18.2 Å². The van der Waals surface area contributed by atoms with Gasteiger partial charge in [0.1, 0.15) is 4.88 Å². The Morgan fingerprint density at radius 1 is 1.28 bits per heavy atom. The number of thiophene rings is 1. The summed E-state index contributed by atoms with van der Waals surface area (Å²) >= 11 is 7.48. The number of non-ortho nitro benzene ring substituents is 1. The van der Waals surface area contributed by atoms with Gasteiger partial charge < -0.3 is 10.6 Å². The van der Waals surface area contributed by atoms with Crippen LogP contribution in [-0.2, 0) is 4.79 Å². The number of amides is 2. The van der Waals surface area contributed by atoms with Crippen LogP contribution < -0.4 is 5.73 Å². The molecule has 10 heteroatoms. The van der Waals surface area contributed by atoms with E-state index < -0.39 is 10.8 Å². The number of carbonyl (C=O) groups excluding carboxylic acids is 2. The molecule has 2 amide bonds. The van der Waals surface area contributed by atoms with Gasteiger partial charge in [-0.15, -0.1) is 11.3 Å². The molecule has 1 aliphatic heterocycles. The minimum Gasteiger partial charge on any atom is -0.369 e. The van der Waals surface area contributed by atoms with Crippen LogP contribution in [0.4, 0.5) is 5.69 Å². The molecule has 25 heavy (non-hydrogen) atoms. The van der Waals surface area contributed by atoms with Crippen LogP contribution in [0.3, 0.4) is 0 Å². The fourth-order valence-corrected chi connectivity index (χ4v) is 4.29. The lowest BCUT2D eigenvalue weighted by Gasteiger charge is -2.33. The summed E-state index contributed by atoms with van der Waals surface area (Å²) < 4.78 is 0.606. The van der Waals surface area contributed by atoms with Gasteiger partial charge in [-0.3, -0.25) is 24.6 Å². The van der Waals surface area contributed by atoms with E-state index in [1.165, 1.54) is 12.1 Å². The van der Waals surface area contributed by atoms with E-state index in [0.717, 1.165) is 11.3 Å². The average Bonchev–Trinajstić information content (AvgIpc) is 2.90. The van der Waals surface area contributed by atoms with E-state index >= 15 is 0 Å². The Morgan fingerprint density at radius 2 is 1.96 bits per heavy atom. The molecule has 1 aliphatic rings. The summed E-state index contributed by atoms with van der Waals surface area (Å²) in [6, 6.07) is 4.36. The van der Waals surface area contributed by atoms with Gasteiger partial charge in [0.15, 0.2) is 0 Å². The first-order valence-electron chi connectivity index (χ1n) is 7.53. The zero-order valence-corrected chi connectivity index (χ0v) is 14.7. The van der Waals surface area contributed by atoms with Gasteiger partial charge in [-0.05, 0) is 6.07 Å². The Kier molecular flexibility index (Phi) is 4.89. The highest BCUT2D eigenvalue weighted by molar-refractivity contribution is 7.21. The average molecular weight is 383 g/mol. The van der Waals surface area contributed by atoms with Gasteiger partial charge in [-0.1, -0.05) is 11.6 Å². The number of rotatable bonds is 4. The topological polar surface area (TPSA) is 110 Å². The van der Waals surface area contributed by atoms with Crippen molar-refractivity contribution < 1.29 is 14.5 Å². The number of nitrogens with zero attached hydrogens (tertiary/aromatic N) is 3. The molecule has 2 aromatic rings. The summed E-state index contributed by atoms with van der Waals surface area (Å²) in [7, 11) is 0. The highest BCUT2D eigenvalue weighted by Crippen LogP contribution is 2.37. The Morgan fingerprint density at radius 3 is 2.56 bits per heavy atom. The first-order valence-corrected chi connectivity index (χ1v) is 8.72. The molecule has 0 aliphatic carbocycles. The summed E-state index contributed by atoms with van der Waals surface area (Å²) in [4.78, 5) is 38.1.